The largest absolute Gasteiger partial charge is 0.489 e. The van der Waals surface area contributed by atoms with Gasteiger partial charge in [0.25, 0.3) is 0 Å². The van der Waals surface area contributed by atoms with Gasteiger partial charge >= 0.3 is 0 Å². The molecule has 1 aromatic heterocycles. The fourth-order valence-electron chi connectivity index (χ4n) is 1.85. The lowest BCUT2D eigenvalue weighted by Gasteiger charge is -2.07. The van der Waals surface area contributed by atoms with Gasteiger partial charge in [0.15, 0.2) is 0 Å². The standard InChI is InChI=1S/C16H19Cl2NOS/c1-10(2)19-8-14-6-12(11(3)21-14)9-20-13-4-5-15(17)16(18)7-13/h4-7,10,19H,8-9H2,1-3H3. The van der Waals surface area contributed by atoms with Crippen LogP contribution in [0.25, 0.3) is 0 Å². The average Bonchev–Trinajstić information content (AvgIpc) is 2.78. The number of halogens is 2. The molecule has 5 heteroatoms. The van der Waals surface area contributed by atoms with Gasteiger partial charge in [0.1, 0.15) is 12.4 Å². The molecule has 0 aliphatic carbocycles. The summed E-state index contributed by atoms with van der Waals surface area (Å²) in [5.74, 6) is 0.733. The Hall–Kier alpha value is -0.740. The molecule has 1 heterocycles. The van der Waals surface area contributed by atoms with Crippen LogP contribution in [0.2, 0.25) is 10.0 Å². The number of hydrogen-bond acceptors (Lipinski definition) is 3. The molecule has 0 saturated heterocycles. The Balaban J connectivity index is 1.97. The summed E-state index contributed by atoms with van der Waals surface area (Å²) in [5, 5.41) is 4.48. The third kappa shape index (κ3) is 4.89. The molecule has 0 aliphatic rings. The van der Waals surface area contributed by atoms with Crippen molar-refractivity contribution in [2.75, 3.05) is 0 Å². The van der Waals surface area contributed by atoms with E-state index in [1.54, 1.807) is 12.1 Å². The SMILES string of the molecule is Cc1sc(CNC(C)C)cc1COc1ccc(Cl)c(Cl)c1. The van der Waals surface area contributed by atoms with Crippen molar-refractivity contribution in [1.82, 2.24) is 5.32 Å². The minimum atomic E-state index is 0.489. The Morgan fingerprint density at radius 2 is 1.95 bits per heavy atom. The van der Waals surface area contributed by atoms with Gasteiger partial charge in [-0.15, -0.1) is 11.3 Å². The fourth-order valence-corrected chi connectivity index (χ4v) is 3.14. The van der Waals surface area contributed by atoms with E-state index in [9.17, 15) is 0 Å². The Kier molecular flexibility index (Phi) is 5.94. The van der Waals surface area contributed by atoms with Crippen LogP contribution in [-0.4, -0.2) is 6.04 Å². The van der Waals surface area contributed by atoms with E-state index in [4.69, 9.17) is 27.9 Å². The van der Waals surface area contributed by atoms with Crippen molar-refractivity contribution in [3.05, 3.63) is 49.6 Å². The van der Waals surface area contributed by atoms with E-state index in [1.165, 1.54) is 15.3 Å². The first-order valence-electron chi connectivity index (χ1n) is 6.85. The lowest BCUT2D eigenvalue weighted by molar-refractivity contribution is 0.306. The molecule has 0 bridgehead atoms. The van der Waals surface area contributed by atoms with Gasteiger partial charge in [-0.05, 0) is 25.1 Å². The van der Waals surface area contributed by atoms with E-state index >= 15 is 0 Å². The molecule has 0 unspecified atom stereocenters. The quantitative estimate of drug-likeness (QED) is 0.753. The first-order chi connectivity index (χ1) is 9.95. The molecule has 1 aromatic carbocycles. The van der Waals surface area contributed by atoms with Gasteiger partial charge in [-0.1, -0.05) is 37.0 Å². The van der Waals surface area contributed by atoms with Gasteiger partial charge in [-0.25, -0.2) is 0 Å². The number of ether oxygens (including phenoxy) is 1. The Morgan fingerprint density at radius 3 is 2.62 bits per heavy atom. The van der Waals surface area contributed by atoms with Crippen molar-refractivity contribution < 1.29 is 4.74 Å². The van der Waals surface area contributed by atoms with Crippen molar-refractivity contribution in [2.24, 2.45) is 0 Å². The molecule has 114 valence electrons. The minimum Gasteiger partial charge on any atom is -0.489 e. The molecule has 2 aromatic rings. The lowest BCUT2D eigenvalue weighted by Crippen LogP contribution is -2.21. The second-order valence-electron chi connectivity index (χ2n) is 5.19. The zero-order valence-corrected chi connectivity index (χ0v) is 14.7. The number of aryl methyl sites for hydroxylation is 1. The molecule has 0 spiro atoms. The molecule has 2 rings (SSSR count). The molecule has 1 N–H and O–H groups in total. The normalized spacial score (nSPS) is 11.1. The fraction of sp³-hybridized carbons (Fsp3) is 0.375. The molecular weight excluding hydrogens is 325 g/mol. The zero-order valence-electron chi connectivity index (χ0n) is 12.4. The summed E-state index contributed by atoms with van der Waals surface area (Å²) in [7, 11) is 0. The van der Waals surface area contributed by atoms with E-state index < -0.39 is 0 Å². The maximum Gasteiger partial charge on any atom is 0.121 e. The average molecular weight is 344 g/mol. The summed E-state index contributed by atoms with van der Waals surface area (Å²) in [6, 6.07) is 8.01. The van der Waals surface area contributed by atoms with E-state index in [0.29, 0.717) is 22.7 Å². The van der Waals surface area contributed by atoms with Crippen molar-refractivity contribution in [2.45, 2.75) is 40.0 Å². The zero-order chi connectivity index (χ0) is 15.4. The highest BCUT2D eigenvalue weighted by atomic mass is 35.5. The van der Waals surface area contributed by atoms with Crippen LogP contribution in [0.15, 0.2) is 24.3 Å². The highest BCUT2D eigenvalue weighted by Gasteiger charge is 2.07. The molecule has 2 nitrogen and oxygen atoms in total. The maximum atomic E-state index is 5.98. The summed E-state index contributed by atoms with van der Waals surface area (Å²) >= 11 is 13.7. The second-order valence-corrected chi connectivity index (χ2v) is 7.35. The van der Waals surface area contributed by atoms with Crippen molar-refractivity contribution in [3.63, 3.8) is 0 Å². The van der Waals surface area contributed by atoms with Gasteiger partial charge in [-0.2, -0.15) is 0 Å². The third-order valence-electron chi connectivity index (χ3n) is 3.04. The predicted molar refractivity (Wildman–Crippen MR) is 91.8 cm³/mol. The topological polar surface area (TPSA) is 21.3 Å². The van der Waals surface area contributed by atoms with Crippen LogP contribution >= 0.6 is 34.5 Å². The van der Waals surface area contributed by atoms with Crippen molar-refractivity contribution in [1.29, 1.82) is 0 Å². The van der Waals surface area contributed by atoms with Crippen LogP contribution in [0.3, 0.4) is 0 Å². The summed E-state index contributed by atoms with van der Waals surface area (Å²) in [5.41, 5.74) is 1.21. The van der Waals surface area contributed by atoms with Gasteiger partial charge in [0, 0.05) is 34.0 Å². The van der Waals surface area contributed by atoms with Crippen LogP contribution in [0, 0.1) is 6.92 Å². The molecule has 0 saturated carbocycles. The first-order valence-corrected chi connectivity index (χ1v) is 8.42. The lowest BCUT2D eigenvalue weighted by atomic mass is 10.2. The summed E-state index contributed by atoms with van der Waals surface area (Å²) in [4.78, 5) is 2.62. The first kappa shape index (κ1) is 16.6. The van der Waals surface area contributed by atoms with Gasteiger partial charge in [-0.3, -0.25) is 0 Å². The third-order valence-corrected chi connectivity index (χ3v) is 4.87. The van der Waals surface area contributed by atoms with E-state index in [1.807, 2.05) is 17.4 Å². The second kappa shape index (κ2) is 7.50. The van der Waals surface area contributed by atoms with Crippen molar-refractivity contribution >= 4 is 34.5 Å². The number of rotatable bonds is 6. The van der Waals surface area contributed by atoms with Gasteiger partial charge in [0.2, 0.25) is 0 Å². The molecule has 0 atom stereocenters. The van der Waals surface area contributed by atoms with Crippen LogP contribution in [0.4, 0.5) is 0 Å². The van der Waals surface area contributed by atoms with E-state index in [-0.39, 0.29) is 0 Å². The van der Waals surface area contributed by atoms with Gasteiger partial charge in [0.05, 0.1) is 10.0 Å². The Labute approximate surface area is 140 Å². The summed E-state index contributed by atoms with van der Waals surface area (Å²) in [6.07, 6.45) is 0. The van der Waals surface area contributed by atoms with Crippen LogP contribution < -0.4 is 10.1 Å². The monoisotopic (exact) mass is 343 g/mol. The van der Waals surface area contributed by atoms with Crippen LogP contribution in [0.5, 0.6) is 5.75 Å². The molecular formula is C16H19Cl2NOS. The number of benzene rings is 1. The molecule has 0 amide bonds. The van der Waals surface area contributed by atoms with Crippen molar-refractivity contribution in [3.8, 4) is 5.75 Å². The highest BCUT2D eigenvalue weighted by molar-refractivity contribution is 7.12. The van der Waals surface area contributed by atoms with E-state index in [0.717, 1.165) is 12.3 Å². The smallest absolute Gasteiger partial charge is 0.121 e. The highest BCUT2D eigenvalue weighted by Crippen LogP contribution is 2.28. The Bertz CT molecular complexity index is 610. The van der Waals surface area contributed by atoms with Crippen LogP contribution in [0.1, 0.15) is 29.2 Å². The molecule has 21 heavy (non-hydrogen) atoms. The van der Waals surface area contributed by atoms with E-state index in [2.05, 4.69) is 32.2 Å². The molecule has 0 aliphatic heterocycles. The number of nitrogens with one attached hydrogen (secondary N) is 1. The minimum absolute atomic E-state index is 0.489. The molecule has 0 fully saturated rings. The van der Waals surface area contributed by atoms with Crippen LogP contribution in [-0.2, 0) is 13.2 Å². The molecule has 0 radical (unpaired) electrons. The Morgan fingerprint density at radius 1 is 1.19 bits per heavy atom. The number of thiophene rings is 1. The maximum absolute atomic E-state index is 5.98. The summed E-state index contributed by atoms with van der Waals surface area (Å²) < 4.78 is 5.79. The number of hydrogen-bond donors (Lipinski definition) is 1. The summed E-state index contributed by atoms with van der Waals surface area (Å²) in [6.45, 7) is 7.86. The van der Waals surface area contributed by atoms with Gasteiger partial charge < -0.3 is 10.1 Å². The predicted octanol–water partition coefficient (Wildman–Crippen LogP) is 5.44.